The average molecular weight is 337 g/mol. The van der Waals surface area contributed by atoms with E-state index in [-0.39, 0.29) is 5.41 Å². The third-order valence-electron chi connectivity index (χ3n) is 4.39. The van der Waals surface area contributed by atoms with Crippen LogP contribution in [-0.4, -0.2) is 34.9 Å². The first-order chi connectivity index (χ1) is 12.0. The molecule has 1 aliphatic heterocycles. The van der Waals surface area contributed by atoms with Crippen LogP contribution >= 0.6 is 0 Å². The van der Waals surface area contributed by atoms with Crippen molar-refractivity contribution in [3.8, 4) is 11.9 Å². The van der Waals surface area contributed by atoms with Gasteiger partial charge in [-0.3, -0.25) is 0 Å². The SMILES string of the molecule is CC(C)(C)c1ccc(OCC2CCN(c3ccc(C#N)nc3)C2)nn1. The maximum Gasteiger partial charge on any atom is 0.233 e. The van der Waals surface area contributed by atoms with E-state index in [0.717, 1.165) is 30.9 Å². The highest BCUT2D eigenvalue weighted by Crippen LogP contribution is 2.24. The highest BCUT2D eigenvalue weighted by Gasteiger charge is 2.24. The van der Waals surface area contributed by atoms with Crippen molar-refractivity contribution < 1.29 is 4.74 Å². The molecule has 3 rings (SSSR count). The van der Waals surface area contributed by atoms with Crippen molar-refractivity contribution in [1.29, 1.82) is 5.26 Å². The lowest BCUT2D eigenvalue weighted by Gasteiger charge is -2.18. The van der Waals surface area contributed by atoms with E-state index in [0.29, 0.717) is 24.1 Å². The van der Waals surface area contributed by atoms with Gasteiger partial charge in [-0.25, -0.2) is 4.98 Å². The predicted octanol–water partition coefficient (Wildman–Crippen LogP) is 2.95. The average Bonchev–Trinajstić information content (AvgIpc) is 3.09. The summed E-state index contributed by atoms with van der Waals surface area (Å²) in [5, 5.41) is 17.3. The number of nitriles is 1. The molecule has 0 amide bonds. The molecule has 6 heteroatoms. The van der Waals surface area contributed by atoms with E-state index in [1.165, 1.54) is 0 Å². The number of rotatable bonds is 4. The molecule has 1 atom stereocenters. The topological polar surface area (TPSA) is 74.9 Å². The molecule has 0 saturated carbocycles. The van der Waals surface area contributed by atoms with Gasteiger partial charge in [0.05, 0.1) is 24.2 Å². The fourth-order valence-electron chi connectivity index (χ4n) is 2.84. The lowest BCUT2D eigenvalue weighted by molar-refractivity contribution is 0.249. The van der Waals surface area contributed by atoms with Crippen molar-refractivity contribution in [2.75, 3.05) is 24.6 Å². The van der Waals surface area contributed by atoms with Crippen LogP contribution in [0.15, 0.2) is 30.5 Å². The van der Waals surface area contributed by atoms with Crippen LogP contribution in [0.25, 0.3) is 0 Å². The summed E-state index contributed by atoms with van der Waals surface area (Å²) in [5.74, 6) is 1.02. The fourth-order valence-corrected chi connectivity index (χ4v) is 2.84. The molecule has 130 valence electrons. The zero-order valence-corrected chi connectivity index (χ0v) is 14.9. The molecular formula is C19H23N5O. The highest BCUT2D eigenvalue weighted by molar-refractivity contribution is 5.46. The van der Waals surface area contributed by atoms with Crippen LogP contribution in [0.3, 0.4) is 0 Å². The van der Waals surface area contributed by atoms with Crippen molar-refractivity contribution in [3.63, 3.8) is 0 Å². The van der Waals surface area contributed by atoms with Gasteiger partial charge in [-0.1, -0.05) is 20.8 Å². The maximum atomic E-state index is 8.82. The first kappa shape index (κ1) is 17.2. The lowest BCUT2D eigenvalue weighted by Crippen LogP contribution is -2.22. The van der Waals surface area contributed by atoms with E-state index >= 15 is 0 Å². The largest absolute Gasteiger partial charge is 0.476 e. The zero-order valence-electron chi connectivity index (χ0n) is 14.9. The molecule has 0 N–H and O–H groups in total. The Morgan fingerprint density at radius 3 is 2.68 bits per heavy atom. The van der Waals surface area contributed by atoms with Crippen LogP contribution in [-0.2, 0) is 5.41 Å². The number of nitrogens with zero attached hydrogens (tertiary/aromatic N) is 5. The Morgan fingerprint density at radius 2 is 2.08 bits per heavy atom. The molecule has 0 aliphatic carbocycles. The molecule has 3 heterocycles. The molecule has 2 aromatic heterocycles. The van der Waals surface area contributed by atoms with Gasteiger partial charge in [0.25, 0.3) is 0 Å². The van der Waals surface area contributed by atoms with Gasteiger partial charge in [0.15, 0.2) is 0 Å². The van der Waals surface area contributed by atoms with Gasteiger partial charge >= 0.3 is 0 Å². The van der Waals surface area contributed by atoms with Crippen LogP contribution in [0.5, 0.6) is 5.88 Å². The Bertz CT molecular complexity index is 743. The number of hydrogen-bond donors (Lipinski definition) is 0. The Balaban J connectivity index is 1.52. The van der Waals surface area contributed by atoms with Crippen LogP contribution < -0.4 is 9.64 Å². The quantitative estimate of drug-likeness (QED) is 0.854. The van der Waals surface area contributed by atoms with Crippen molar-refractivity contribution in [2.45, 2.75) is 32.6 Å². The van der Waals surface area contributed by atoms with Crippen molar-refractivity contribution in [2.24, 2.45) is 5.92 Å². The van der Waals surface area contributed by atoms with Crippen LogP contribution in [0.4, 0.5) is 5.69 Å². The smallest absolute Gasteiger partial charge is 0.233 e. The van der Waals surface area contributed by atoms with Gasteiger partial charge in [0, 0.05) is 30.5 Å². The molecule has 0 bridgehead atoms. The fraction of sp³-hybridized carbons (Fsp3) is 0.474. The van der Waals surface area contributed by atoms with Crippen molar-refractivity contribution in [3.05, 3.63) is 41.9 Å². The van der Waals surface area contributed by atoms with E-state index in [4.69, 9.17) is 10.00 Å². The third-order valence-corrected chi connectivity index (χ3v) is 4.39. The van der Waals surface area contributed by atoms with Crippen LogP contribution in [0.2, 0.25) is 0 Å². The molecule has 1 saturated heterocycles. The predicted molar refractivity (Wildman–Crippen MR) is 95.5 cm³/mol. The Labute approximate surface area is 148 Å². The summed E-state index contributed by atoms with van der Waals surface area (Å²) in [6.07, 6.45) is 2.83. The molecule has 1 aliphatic rings. The molecule has 0 spiro atoms. The van der Waals surface area contributed by atoms with Gasteiger partial charge in [-0.2, -0.15) is 10.4 Å². The number of anilines is 1. The van der Waals surface area contributed by atoms with Gasteiger partial charge in [0.2, 0.25) is 5.88 Å². The maximum absolute atomic E-state index is 8.82. The summed E-state index contributed by atoms with van der Waals surface area (Å²) in [6, 6.07) is 9.62. The first-order valence-electron chi connectivity index (χ1n) is 8.54. The monoisotopic (exact) mass is 337 g/mol. The summed E-state index contributed by atoms with van der Waals surface area (Å²) in [7, 11) is 0. The summed E-state index contributed by atoms with van der Waals surface area (Å²) in [5.41, 5.74) is 2.45. The molecule has 25 heavy (non-hydrogen) atoms. The van der Waals surface area contributed by atoms with Crippen molar-refractivity contribution >= 4 is 5.69 Å². The summed E-state index contributed by atoms with van der Waals surface area (Å²) in [6.45, 7) is 8.86. The number of aromatic nitrogens is 3. The van der Waals surface area contributed by atoms with E-state index in [2.05, 4.69) is 40.9 Å². The lowest BCUT2D eigenvalue weighted by atomic mass is 9.92. The van der Waals surface area contributed by atoms with Gasteiger partial charge in [-0.05, 0) is 24.6 Å². The minimum Gasteiger partial charge on any atom is -0.476 e. The molecule has 1 unspecified atom stereocenters. The second-order valence-corrected chi connectivity index (χ2v) is 7.43. The molecule has 0 aromatic carbocycles. The normalized spacial score (nSPS) is 17.4. The minimum atomic E-state index is -0.00733. The van der Waals surface area contributed by atoms with E-state index in [1.807, 2.05) is 24.3 Å². The van der Waals surface area contributed by atoms with Gasteiger partial charge < -0.3 is 9.64 Å². The summed E-state index contributed by atoms with van der Waals surface area (Å²) < 4.78 is 5.82. The zero-order chi connectivity index (χ0) is 17.9. The Morgan fingerprint density at radius 1 is 1.24 bits per heavy atom. The second-order valence-electron chi connectivity index (χ2n) is 7.43. The second kappa shape index (κ2) is 7.06. The highest BCUT2D eigenvalue weighted by atomic mass is 16.5. The van der Waals surface area contributed by atoms with Gasteiger partial charge in [-0.15, -0.1) is 5.10 Å². The van der Waals surface area contributed by atoms with Crippen LogP contribution in [0, 0.1) is 17.2 Å². The number of ether oxygens (including phenoxy) is 1. The van der Waals surface area contributed by atoms with E-state index in [1.54, 1.807) is 12.3 Å². The summed E-state index contributed by atoms with van der Waals surface area (Å²) >= 11 is 0. The molecule has 6 nitrogen and oxygen atoms in total. The van der Waals surface area contributed by atoms with Crippen LogP contribution in [0.1, 0.15) is 38.6 Å². The van der Waals surface area contributed by atoms with E-state index in [9.17, 15) is 0 Å². The number of hydrogen-bond acceptors (Lipinski definition) is 6. The number of pyridine rings is 1. The molecule has 0 radical (unpaired) electrons. The van der Waals surface area contributed by atoms with Gasteiger partial charge in [0.1, 0.15) is 11.8 Å². The van der Waals surface area contributed by atoms with E-state index < -0.39 is 0 Å². The summed E-state index contributed by atoms with van der Waals surface area (Å²) in [4.78, 5) is 6.41. The molecule has 2 aromatic rings. The first-order valence-corrected chi connectivity index (χ1v) is 8.54. The van der Waals surface area contributed by atoms with Crippen molar-refractivity contribution in [1.82, 2.24) is 15.2 Å². The Hall–Kier alpha value is -2.68. The standard InChI is InChI=1S/C19H23N5O/c1-19(2,3)17-6-7-18(23-22-17)25-13-14-8-9-24(12-14)16-5-4-15(10-20)21-11-16/h4-7,11,14H,8-9,12-13H2,1-3H3. The third kappa shape index (κ3) is 4.24. The molecular weight excluding hydrogens is 314 g/mol. The minimum absolute atomic E-state index is 0.00733. The molecule has 1 fully saturated rings. The Kier molecular flexibility index (Phi) is 4.84.